The van der Waals surface area contributed by atoms with E-state index >= 15 is 4.39 Å². The van der Waals surface area contributed by atoms with Crippen LogP contribution in [0.3, 0.4) is 0 Å². The van der Waals surface area contributed by atoms with E-state index in [-0.39, 0.29) is 29.9 Å². The summed E-state index contributed by atoms with van der Waals surface area (Å²) in [6.45, 7) is 6.11. The summed E-state index contributed by atoms with van der Waals surface area (Å²) < 4.78 is 37.5. The molecule has 0 amide bonds. The van der Waals surface area contributed by atoms with Crippen LogP contribution in [0.1, 0.15) is 24.6 Å². The second kappa shape index (κ2) is 11.8. The molecule has 1 atom stereocenters. The fourth-order valence-corrected chi connectivity index (χ4v) is 8.99. The fraction of sp³-hybridized carbons (Fsp3) is 0.370. The molecule has 1 aromatic heterocycles. The van der Waals surface area contributed by atoms with Gasteiger partial charge in [0.15, 0.2) is 13.2 Å². The monoisotopic (exact) mass is 580 g/mol. The number of aryl methyl sites for hydroxylation is 2. The molecule has 5 rings (SSSR count). The number of benzene rings is 2. The van der Waals surface area contributed by atoms with Crippen molar-refractivity contribution in [2.24, 2.45) is 9.74 Å². The lowest BCUT2D eigenvalue weighted by atomic mass is 10.2. The average Bonchev–Trinajstić information content (AvgIpc) is 3.29. The maximum Gasteiger partial charge on any atom is 0.298 e. The summed E-state index contributed by atoms with van der Waals surface area (Å²) in [4.78, 5) is 16.7. The Labute approximate surface area is 236 Å². The van der Waals surface area contributed by atoms with Crippen LogP contribution in [0.2, 0.25) is 0 Å². The largest absolute Gasteiger partial charge is 0.494 e. The van der Waals surface area contributed by atoms with Gasteiger partial charge >= 0.3 is 0 Å². The van der Waals surface area contributed by atoms with E-state index < -0.39 is 18.1 Å². The topological polar surface area (TPSA) is 134 Å². The lowest BCUT2D eigenvalue weighted by molar-refractivity contribution is -0.384. The van der Waals surface area contributed by atoms with Gasteiger partial charge in [0.1, 0.15) is 23.1 Å². The van der Waals surface area contributed by atoms with Crippen molar-refractivity contribution in [3.8, 4) is 11.8 Å². The summed E-state index contributed by atoms with van der Waals surface area (Å²) in [6.07, 6.45) is 0.193. The Morgan fingerprint density at radius 3 is 2.71 bits per heavy atom. The van der Waals surface area contributed by atoms with Gasteiger partial charge in [-0.1, -0.05) is 12.1 Å². The van der Waals surface area contributed by atoms with Gasteiger partial charge in [0.25, 0.3) is 5.69 Å². The molecule has 3 heterocycles. The summed E-state index contributed by atoms with van der Waals surface area (Å²) in [5.74, 6) is 0.689. The Morgan fingerprint density at radius 1 is 1.27 bits per heavy atom. The minimum absolute atomic E-state index is 0.162. The number of morpholine rings is 1. The molecule has 14 heteroatoms. The number of aromatic nitrogens is 2. The molecule has 2 aliphatic rings. The third kappa shape index (κ3) is 5.10. The molecule has 2 aromatic carbocycles. The molecule has 0 aliphatic carbocycles. The highest BCUT2D eigenvalue weighted by molar-refractivity contribution is 7.70. The van der Waals surface area contributed by atoms with Gasteiger partial charge in [-0.15, -0.1) is 0 Å². The number of rotatable bonds is 8. The second-order valence-corrected chi connectivity index (χ2v) is 12.4. The van der Waals surface area contributed by atoms with Crippen LogP contribution in [-0.4, -0.2) is 69.8 Å². The van der Waals surface area contributed by atoms with E-state index in [1.165, 1.54) is 12.1 Å². The predicted octanol–water partition coefficient (Wildman–Crippen LogP) is 4.90. The van der Waals surface area contributed by atoms with Crippen LogP contribution in [0.4, 0.5) is 21.6 Å². The third-order valence-corrected chi connectivity index (χ3v) is 10.8. The van der Waals surface area contributed by atoms with Gasteiger partial charge in [-0.3, -0.25) is 10.1 Å². The van der Waals surface area contributed by atoms with Crippen LogP contribution in [0.15, 0.2) is 52.2 Å². The highest BCUT2D eigenvalue weighted by Gasteiger charge is 2.46. The number of halogens is 1. The summed E-state index contributed by atoms with van der Waals surface area (Å²) in [6, 6.07) is 13.1. The molecule has 0 radical (unpaired) electrons. The minimum Gasteiger partial charge on any atom is -0.494 e. The normalized spacial score (nSPS) is 18.8. The van der Waals surface area contributed by atoms with Crippen molar-refractivity contribution >= 4 is 35.7 Å². The number of nitro groups is 1. The van der Waals surface area contributed by atoms with Crippen LogP contribution in [-0.2, 0) is 11.3 Å². The molecular formula is C27H30FN8O4P. The molecule has 2 aliphatic heterocycles. The standard InChI is InChI=1S/C27H30FN8O4P/c1-4-40-20-10-11-23(24(18-20)36(37)38)32-41(34-14-16-39-17-15-34)25-19(2)31-35(13-7-12-29)27(25)30-26(33(41)3)21-8-5-6-9-22(21)28/h5-6,8-11,18H,4,7,13-17H2,1-3H3/t41-/m1/s1. The molecule has 12 nitrogen and oxygen atoms in total. The van der Waals surface area contributed by atoms with Gasteiger partial charge < -0.3 is 14.1 Å². The number of aliphatic imine (C=N–C) groups is 1. The van der Waals surface area contributed by atoms with Gasteiger partial charge in [-0.2, -0.15) is 10.4 Å². The first-order valence-electron chi connectivity index (χ1n) is 13.2. The van der Waals surface area contributed by atoms with Crippen molar-refractivity contribution in [1.82, 2.24) is 19.1 Å². The van der Waals surface area contributed by atoms with Crippen molar-refractivity contribution in [2.45, 2.75) is 26.8 Å². The van der Waals surface area contributed by atoms with Crippen molar-refractivity contribution in [3.05, 3.63) is 69.7 Å². The number of ether oxygens (including phenoxy) is 2. The number of nitrogens with zero attached hydrogens (tertiary/aromatic N) is 8. The van der Waals surface area contributed by atoms with Crippen LogP contribution in [0, 0.1) is 34.2 Å². The van der Waals surface area contributed by atoms with E-state index in [9.17, 15) is 15.4 Å². The summed E-state index contributed by atoms with van der Waals surface area (Å²) in [7, 11) is -1.35. The third-order valence-electron chi connectivity index (χ3n) is 6.94. The Balaban J connectivity index is 1.88. The van der Waals surface area contributed by atoms with Gasteiger partial charge in [0.2, 0.25) is 0 Å². The van der Waals surface area contributed by atoms with E-state index in [4.69, 9.17) is 24.3 Å². The van der Waals surface area contributed by atoms with Gasteiger partial charge in [0.05, 0.1) is 66.4 Å². The number of hydrogen-bond acceptors (Lipinski definition) is 8. The first kappa shape index (κ1) is 28.4. The fourth-order valence-electron chi connectivity index (χ4n) is 5.15. The molecule has 0 N–H and O–H groups in total. The maximum atomic E-state index is 15.3. The zero-order chi connectivity index (χ0) is 29.1. The average molecular weight is 581 g/mol. The molecule has 0 spiro atoms. The number of fused-ring (bicyclic) bond motifs is 1. The first-order chi connectivity index (χ1) is 19.8. The van der Waals surface area contributed by atoms with Gasteiger partial charge in [-0.25, -0.2) is 23.5 Å². The Morgan fingerprint density at radius 2 is 2.02 bits per heavy atom. The van der Waals surface area contributed by atoms with Crippen molar-refractivity contribution in [2.75, 3.05) is 40.0 Å². The highest BCUT2D eigenvalue weighted by Crippen LogP contribution is 2.62. The number of amidine groups is 1. The van der Waals surface area contributed by atoms with Crippen LogP contribution < -0.4 is 10.0 Å². The van der Waals surface area contributed by atoms with Crippen LogP contribution >= 0.6 is 7.36 Å². The summed E-state index contributed by atoms with van der Waals surface area (Å²) in [5, 5.41) is 27.0. The summed E-state index contributed by atoms with van der Waals surface area (Å²) >= 11 is 0. The lowest BCUT2D eigenvalue weighted by Gasteiger charge is -2.46. The van der Waals surface area contributed by atoms with Crippen molar-refractivity contribution < 1.29 is 18.8 Å². The van der Waals surface area contributed by atoms with E-state index in [0.29, 0.717) is 61.3 Å². The minimum atomic E-state index is -3.15. The molecule has 214 valence electrons. The molecular weight excluding hydrogens is 550 g/mol. The Kier molecular flexibility index (Phi) is 8.17. The summed E-state index contributed by atoms with van der Waals surface area (Å²) in [5.41, 5.74) is 0.858. The quantitative estimate of drug-likeness (QED) is 0.209. The van der Waals surface area contributed by atoms with Crippen molar-refractivity contribution in [3.63, 3.8) is 0 Å². The molecule has 0 unspecified atom stereocenters. The van der Waals surface area contributed by atoms with Crippen LogP contribution in [0.5, 0.6) is 5.75 Å². The highest BCUT2D eigenvalue weighted by atomic mass is 31.2. The molecule has 1 saturated heterocycles. The molecule has 3 aromatic rings. The van der Waals surface area contributed by atoms with Gasteiger partial charge in [-0.05, 0) is 38.1 Å². The Hall–Kier alpha value is -4.11. The zero-order valence-electron chi connectivity index (χ0n) is 23.0. The number of nitriles is 1. The van der Waals surface area contributed by atoms with E-state index in [2.05, 4.69) is 10.7 Å². The smallest absolute Gasteiger partial charge is 0.298 e. The molecule has 0 bridgehead atoms. The maximum absolute atomic E-state index is 15.3. The first-order valence-corrected chi connectivity index (χ1v) is 14.9. The second-order valence-electron chi connectivity index (χ2n) is 9.40. The molecule has 1 fully saturated rings. The SMILES string of the molecule is CCOc1ccc(N=[P@]2(N3CCOCC3)c3c(C)nn(CCC#N)c3N=C(c3ccccc3F)N2C)c([N+](=O)[O-])c1. The lowest BCUT2D eigenvalue weighted by Crippen LogP contribution is -2.45. The van der Waals surface area contributed by atoms with Gasteiger partial charge in [0, 0.05) is 20.1 Å². The van der Waals surface area contributed by atoms with Crippen molar-refractivity contribution in [1.29, 1.82) is 5.26 Å². The number of hydrogen-bond donors (Lipinski definition) is 0. The molecule has 41 heavy (non-hydrogen) atoms. The number of nitro benzene ring substituents is 1. The van der Waals surface area contributed by atoms with Crippen LogP contribution in [0.25, 0.3) is 0 Å². The predicted molar refractivity (Wildman–Crippen MR) is 153 cm³/mol. The Bertz CT molecular complexity index is 1610. The van der Waals surface area contributed by atoms with E-state index in [0.717, 1.165) is 0 Å². The molecule has 0 saturated carbocycles. The van der Waals surface area contributed by atoms with E-state index in [1.54, 1.807) is 49.0 Å². The zero-order valence-corrected chi connectivity index (χ0v) is 23.9. The van der Waals surface area contributed by atoms with E-state index in [1.807, 2.05) is 11.6 Å².